The Morgan fingerprint density at radius 2 is 1.80 bits per heavy atom. The molecule has 15 heavy (non-hydrogen) atoms. The second-order valence-electron chi connectivity index (χ2n) is 4.00. The molecule has 1 aromatic carbocycles. The Bertz CT molecular complexity index is 416. The third kappa shape index (κ3) is 2.03. The van der Waals surface area contributed by atoms with Gasteiger partial charge < -0.3 is 5.73 Å². The fourth-order valence-electron chi connectivity index (χ4n) is 1.47. The minimum atomic E-state index is -1.44. The van der Waals surface area contributed by atoms with Gasteiger partial charge in [-0.05, 0) is 46.8 Å². The lowest BCUT2D eigenvalue weighted by molar-refractivity contribution is 0.434. The number of benzene rings is 1. The standard InChI is InChI=1S/C10H9BrF3N/c11-6-3-5(4-10(15)1-2-10)7(12)9(14)8(6)13/h3H,1-2,4,15H2. The summed E-state index contributed by atoms with van der Waals surface area (Å²) in [5.74, 6) is -3.77. The number of hydrogen-bond donors (Lipinski definition) is 1. The molecular formula is C10H9BrF3N. The van der Waals surface area contributed by atoms with Crippen LogP contribution in [0.15, 0.2) is 10.5 Å². The molecule has 82 valence electrons. The van der Waals surface area contributed by atoms with E-state index in [1.807, 2.05) is 0 Å². The maximum absolute atomic E-state index is 13.3. The second kappa shape index (κ2) is 3.49. The molecule has 1 aromatic rings. The summed E-state index contributed by atoms with van der Waals surface area (Å²) >= 11 is 2.84. The van der Waals surface area contributed by atoms with Crippen LogP contribution in [0.4, 0.5) is 13.2 Å². The summed E-state index contributed by atoms with van der Waals surface area (Å²) < 4.78 is 39.2. The average Bonchev–Trinajstić information content (AvgIpc) is 2.89. The highest BCUT2D eigenvalue weighted by molar-refractivity contribution is 9.10. The first-order valence-electron chi connectivity index (χ1n) is 4.54. The lowest BCUT2D eigenvalue weighted by Crippen LogP contribution is -2.25. The maximum Gasteiger partial charge on any atom is 0.195 e. The van der Waals surface area contributed by atoms with Crippen LogP contribution < -0.4 is 5.73 Å². The molecule has 1 aliphatic carbocycles. The maximum atomic E-state index is 13.3. The summed E-state index contributed by atoms with van der Waals surface area (Å²) in [6.07, 6.45) is 1.83. The normalized spacial score (nSPS) is 17.9. The van der Waals surface area contributed by atoms with Gasteiger partial charge in [0, 0.05) is 5.54 Å². The largest absolute Gasteiger partial charge is 0.325 e. The molecule has 1 fully saturated rings. The van der Waals surface area contributed by atoms with Gasteiger partial charge in [-0.25, -0.2) is 13.2 Å². The van der Waals surface area contributed by atoms with Crippen LogP contribution in [0.1, 0.15) is 18.4 Å². The Kier molecular flexibility index (Phi) is 2.55. The van der Waals surface area contributed by atoms with Crippen LogP contribution >= 0.6 is 15.9 Å². The first kappa shape index (κ1) is 11.0. The molecule has 0 saturated heterocycles. The minimum absolute atomic E-state index is 0.0688. The molecule has 2 rings (SSSR count). The van der Waals surface area contributed by atoms with E-state index in [1.54, 1.807) is 0 Å². The Balaban J connectivity index is 2.39. The molecule has 0 unspecified atom stereocenters. The van der Waals surface area contributed by atoms with Gasteiger partial charge in [-0.3, -0.25) is 0 Å². The number of halogens is 4. The summed E-state index contributed by atoms with van der Waals surface area (Å²) in [6.45, 7) is 0. The van der Waals surface area contributed by atoms with Crippen LogP contribution in [0, 0.1) is 17.5 Å². The zero-order chi connectivity index (χ0) is 11.2. The van der Waals surface area contributed by atoms with E-state index < -0.39 is 23.0 Å². The van der Waals surface area contributed by atoms with Crippen molar-refractivity contribution in [3.8, 4) is 0 Å². The Morgan fingerprint density at radius 1 is 1.20 bits per heavy atom. The van der Waals surface area contributed by atoms with Gasteiger partial charge in [0.15, 0.2) is 17.5 Å². The van der Waals surface area contributed by atoms with Crippen LogP contribution in [-0.4, -0.2) is 5.54 Å². The van der Waals surface area contributed by atoms with Crippen molar-refractivity contribution in [1.82, 2.24) is 0 Å². The first-order chi connectivity index (χ1) is 6.93. The van der Waals surface area contributed by atoms with E-state index in [0.29, 0.717) is 0 Å². The summed E-state index contributed by atoms with van der Waals surface area (Å²) in [5, 5.41) is 0. The summed E-state index contributed by atoms with van der Waals surface area (Å²) in [6, 6.07) is 1.25. The molecular weight excluding hydrogens is 271 g/mol. The van der Waals surface area contributed by atoms with Crippen LogP contribution in [-0.2, 0) is 6.42 Å². The van der Waals surface area contributed by atoms with Crippen molar-refractivity contribution < 1.29 is 13.2 Å². The Hall–Kier alpha value is -0.550. The van der Waals surface area contributed by atoms with Gasteiger partial charge in [-0.1, -0.05) is 0 Å². The van der Waals surface area contributed by atoms with E-state index in [4.69, 9.17) is 5.73 Å². The molecule has 1 aliphatic rings. The predicted molar refractivity (Wildman–Crippen MR) is 53.9 cm³/mol. The Labute approximate surface area is 93.6 Å². The highest BCUT2D eigenvalue weighted by atomic mass is 79.9. The first-order valence-corrected chi connectivity index (χ1v) is 5.33. The van der Waals surface area contributed by atoms with Gasteiger partial charge in [0.2, 0.25) is 0 Å². The van der Waals surface area contributed by atoms with Crippen LogP contribution in [0.3, 0.4) is 0 Å². The monoisotopic (exact) mass is 279 g/mol. The fraction of sp³-hybridized carbons (Fsp3) is 0.400. The second-order valence-corrected chi connectivity index (χ2v) is 4.85. The van der Waals surface area contributed by atoms with E-state index in [-0.39, 0.29) is 16.5 Å². The van der Waals surface area contributed by atoms with E-state index >= 15 is 0 Å². The third-order valence-corrected chi connectivity index (χ3v) is 3.19. The molecule has 0 spiro atoms. The van der Waals surface area contributed by atoms with Crippen molar-refractivity contribution in [2.45, 2.75) is 24.8 Å². The van der Waals surface area contributed by atoms with Gasteiger partial charge in [0.05, 0.1) is 4.47 Å². The van der Waals surface area contributed by atoms with E-state index in [2.05, 4.69) is 15.9 Å². The average molecular weight is 280 g/mol. The molecule has 1 saturated carbocycles. The SMILES string of the molecule is NC1(Cc2cc(Br)c(F)c(F)c2F)CC1. The predicted octanol–water partition coefficient (Wildman–Crippen LogP) is 2.90. The van der Waals surface area contributed by atoms with Gasteiger partial charge in [0.25, 0.3) is 0 Å². The topological polar surface area (TPSA) is 26.0 Å². The zero-order valence-electron chi connectivity index (χ0n) is 7.79. The van der Waals surface area contributed by atoms with E-state index in [1.165, 1.54) is 6.07 Å². The molecule has 0 aromatic heterocycles. The van der Waals surface area contributed by atoms with Crippen LogP contribution in [0.5, 0.6) is 0 Å². The number of nitrogens with two attached hydrogens (primary N) is 1. The van der Waals surface area contributed by atoms with Crippen molar-refractivity contribution >= 4 is 15.9 Å². The van der Waals surface area contributed by atoms with E-state index in [9.17, 15) is 13.2 Å². The highest BCUT2D eigenvalue weighted by Gasteiger charge is 2.39. The van der Waals surface area contributed by atoms with Crippen molar-refractivity contribution in [3.05, 3.63) is 33.6 Å². The van der Waals surface area contributed by atoms with Gasteiger partial charge in [-0.2, -0.15) is 0 Å². The molecule has 0 atom stereocenters. The zero-order valence-corrected chi connectivity index (χ0v) is 9.37. The quantitative estimate of drug-likeness (QED) is 0.654. The Morgan fingerprint density at radius 3 is 2.33 bits per heavy atom. The van der Waals surface area contributed by atoms with E-state index in [0.717, 1.165) is 12.8 Å². The van der Waals surface area contributed by atoms with Gasteiger partial charge >= 0.3 is 0 Å². The van der Waals surface area contributed by atoms with Crippen molar-refractivity contribution in [2.24, 2.45) is 5.73 Å². The molecule has 0 heterocycles. The summed E-state index contributed by atoms with van der Waals surface area (Å²) in [7, 11) is 0. The van der Waals surface area contributed by atoms with Gasteiger partial charge in [0.1, 0.15) is 0 Å². The van der Waals surface area contributed by atoms with Crippen molar-refractivity contribution in [2.75, 3.05) is 0 Å². The molecule has 1 nitrogen and oxygen atoms in total. The molecule has 0 bridgehead atoms. The third-order valence-electron chi connectivity index (χ3n) is 2.61. The number of rotatable bonds is 2. The summed E-state index contributed by atoms with van der Waals surface area (Å²) in [5.41, 5.74) is 5.49. The molecule has 0 radical (unpaired) electrons. The molecule has 0 aliphatic heterocycles. The summed E-state index contributed by atoms with van der Waals surface area (Å²) in [4.78, 5) is 0. The minimum Gasteiger partial charge on any atom is -0.325 e. The fourth-order valence-corrected chi connectivity index (χ4v) is 1.92. The van der Waals surface area contributed by atoms with Crippen molar-refractivity contribution in [1.29, 1.82) is 0 Å². The highest BCUT2D eigenvalue weighted by Crippen LogP contribution is 2.37. The number of hydrogen-bond acceptors (Lipinski definition) is 1. The lowest BCUT2D eigenvalue weighted by atomic mass is 10.0. The van der Waals surface area contributed by atoms with Crippen LogP contribution in [0.25, 0.3) is 0 Å². The molecule has 2 N–H and O–H groups in total. The smallest absolute Gasteiger partial charge is 0.195 e. The lowest BCUT2D eigenvalue weighted by Gasteiger charge is -2.11. The van der Waals surface area contributed by atoms with Gasteiger partial charge in [-0.15, -0.1) is 0 Å². The molecule has 5 heteroatoms. The molecule has 0 amide bonds. The van der Waals surface area contributed by atoms with Crippen molar-refractivity contribution in [3.63, 3.8) is 0 Å². The van der Waals surface area contributed by atoms with Crippen LogP contribution in [0.2, 0.25) is 0 Å².